The van der Waals surface area contributed by atoms with Crippen molar-refractivity contribution in [2.75, 3.05) is 0 Å². The van der Waals surface area contributed by atoms with E-state index >= 15 is 0 Å². The van der Waals surface area contributed by atoms with Gasteiger partial charge in [-0.3, -0.25) is 4.79 Å². The molecule has 0 radical (unpaired) electrons. The number of carbonyl (C=O) groups is 1. The van der Waals surface area contributed by atoms with Gasteiger partial charge in [-0.15, -0.1) is 10.2 Å². The number of carbonyl (C=O) groups excluding carboxylic acids is 1. The van der Waals surface area contributed by atoms with E-state index in [9.17, 15) is 9.90 Å². The van der Waals surface area contributed by atoms with Crippen molar-refractivity contribution in [3.63, 3.8) is 0 Å². The molecule has 0 aliphatic heterocycles. The van der Waals surface area contributed by atoms with Gasteiger partial charge in [-0.25, -0.2) is 0 Å². The third-order valence-corrected chi connectivity index (χ3v) is 4.50. The van der Waals surface area contributed by atoms with Gasteiger partial charge < -0.3 is 10.1 Å². The number of aromatic hydroxyl groups is 1. The van der Waals surface area contributed by atoms with Crippen LogP contribution < -0.4 is 0 Å². The number of fused-ring (bicyclic) bond motifs is 1. The third kappa shape index (κ3) is 2.90. The fourth-order valence-electron chi connectivity index (χ4n) is 2.36. The molecule has 0 aliphatic rings. The predicted molar refractivity (Wildman–Crippen MR) is 92.4 cm³/mol. The van der Waals surface area contributed by atoms with Gasteiger partial charge in [0.1, 0.15) is 0 Å². The first-order chi connectivity index (χ1) is 11.0. The molecule has 116 valence electrons. The molecule has 5 nitrogen and oxygen atoms in total. The summed E-state index contributed by atoms with van der Waals surface area (Å²) < 4.78 is 0.922. The van der Waals surface area contributed by atoms with E-state index in [0.717, 1.165) is 21.1 Å². The summed E-state index contributed by atoms with van der Waals surface area (Å²) in [5.41, 5.74) is 3.31. The number of H-pyrrole nitrogens is 1. The Bertz CT molecular complexity index is 944. The monoisotopic (exact) mass is 371 g/mol. The van der Waals surface area contributed by atoms with Gasteiger partial charge in [0.15, 0.2) is 5.69 Å². The largest absolute Gasteiger partial charge is 0.493 e. The van der Waals surface area contributed by atoms with Crippen LogP contribution in [-0.4, -0.2) is 16.0 Å². The van der Waals surface area contributed by atoms with Gasteiger partial charge in [0.25, 0.3) is 5.91 Å². The Morgan fingerprint density at radius 2 is 1.91 bits per heavy atom. The van der Waals surface area contributed by atoms with Crippen LogP contribution in [0, 0.1) is 13.8 Å². The minimum atomic E-state index is -0.439. The minimum Gasteiger partial charge on any atom is -0.493 e. The average molecular weight is 372 g/mol. The van der Waals surface area contributed by atoms with Crippen LogP contribution in [0.2, 0.25) is 0 Å². The first kappa shape index (κ1) is 15.4. The Kier molecular flexibility index (Phi) is 4.00. The Labute approximate surface area is 141 Å². The molecule has 0 unspecified atom stereocenters. The van der Waals surface area contributed by atoms with Crippen molar-refractivity contribution >= 4 is 38.4 Å². The summed E-state index contributed by atoms with van der Waals surface area (Å²) in [6.45, 7) is 3.78. The number of benzene rings is 2. The fourth-order valence-corrected chi connectivity index (χ4v) is 2.70. The van der Waals surface area contributed by atoms with Crippen LogP contribution in [0.5, 0.6) is 5.88 Å². The molecule has 1 amide bonds. The molecule has 23 heavy (non-hydrogen) atoms. The summed E-state index contributed by atoms with van der Waals surface area (Å²) in [6, 6.07) is 10.9. The quantitative estimate of drug-likeness (QED) is 0.608. The Hall–Kier alpha value is -2.47. The number of aromatic nitrogens is 1. The Balaban J connectivity index is 2.01. The number of hydrogen-bond donors (Lipinski definition) is 2. The van der Waals surface area contributed by atoms with Crippen molar-refractivity contribution in [2.24, 2.45) is 10.2 Å². The predicted octanol–water partition coefficient (Wildman–Crippen LogP) is 5.18. The van der Waals surface area contributed by atoms with Crippen LogP contribution in [0.3, 0.4) is 0 Å². The first-order valence-electron chi connectivity index (χ1n) is 7.00. The highest BCUT2D eigenvalue weighted by atomic mass is 79.9. The summed E-state index contributed by atoms with van der Waals surface area (Å²) >= 11 is 3.44. The normalized spacial score (nSPS) is 11.4. The highest BCUT2D eigenvalue weighted by molar-refractivity contribution is 9.10. The maximum atomic E-state index is 12.2. The second-order valence-electron chi connectivity index (χ2n) is 5.29. The van der Waals surface area contributed by atoms with Gasteiger partial charge in [0.05, 0.1) is 5.52 Å². The van der Waals surface area contributed by atoms with E-state index in [2.05, 4.69) is 31.1 Å². The van der Waals surface area contributed by atoms with Crippen molar-refractivity contribution in [1.29, 1.82) is 0 Å². The number of nitrogens with one attached hydrogen (secondary N) is 1. The van der Waals surface area contributed by atoms with E-state index in [1.807, 2.05) is 38.1 Å². The molecule has 6 heteroatoms. The molecule has 2 N–H and O–H groups in total. The molecule has 0 saturated carbocycles. The molecular weight excluding hydrogens is 358 g/mol. The Morgan fingerprint density at radius 3 is 2.65 bits per heavy atom. The minimum absolute atomic E-state index is 0.112. The maximum Gasteiger partial charge on any atom is 0.295 e. The summed E-state index contributed by atoms with van der Waals surface area (Å²) in [7, 11) is 0. The van der Waals surface area contributed by atoms with Gasteiger partial charge in [0, 0.05) is 15.4 Å². The number of halogens is 1. The second-order valence-corrected chi connectivity index (χ2v) is 6.14. The lowest BCUT2D eigenvalue weighted by Crippen LogP contribution is -1.96. The van der Waals surface area contributed by atoms with Crippen LogP contribution >= 0.6 is 15.9 Å². The standard InChI is InChI=1S/C17H14BrN3O2/c1-9-5-3-4-6-11(9)16(22)21-20-15-12-7-10(2)13(18)8-14(12)19-17(15)23/h3-8,19,23H,1-2H3. The molecule has 0 spiro atoms. The van der Waals surface area contributed by atoms with Crippen molar-refractivity contribution in [3.8, 4) is 5.88 Å². The van der Waals surface area contributed by atoms with Gasteiger partial charge in [-0.05, 0) is 43.2 Å². The van der Waals surface area contributed by atoms with E-state index in [-0.39, 0.29) is 11.6 Å². The van der Waals surface area contributed by atoms with E-state index in [1.165, 1.54) is 0 Å². The lowest BCUT2D eigenvalue weighted by atomic mass is 10.1. The van der Waals surface area contributed by atoms with Crippen LogP contribution in [0.25, 0.3) is 10.9 Å². The van der Waals surface area contributed by atoms with Crippen LogP contribution in [0.15, 0.2) is 51.1 Å². The van der Waals surface area contributed by atoms with Crippen molar-refractivity contribution in [2.45, 2.75) is 13.8 Å². The maximum absolute atomic E-state index is 12.2. The lowest BCUT2D eigenvalue weighted by molar-refractivity contribution is 0.0994. The van der Waals surface area contributed by atoms with Gasteiger partial charge in [0.2, 0.25) is 5.88 Å². The molecule has 1 aromatic heterocycles. The summed E-state index contributed by atoms with van der Waals surface area (Å²) in [5.74, 6) is -0.551. The van der Waals surface area contributed by atoms with Gasteiger partial charge in [-0.2, -0.15) is 0 Å². The first-order valence-corrected chi connectivity index (χ1v) is 7.79. The average Bonchev–Trinajstić information content (AvgIpc) is 2.80. The van der Waals surface area contributed by atoms with E-state index < -0.39 is 5.91 Å². The molecule has 1 heterocycles. The smallest absolute Gasteiger partial charge is 0.295 e. The third-order valence-electron chi connectivity index (χ3n) is 3.65. The van der Waals surface area contributed by atoms with Crippen LogP contribution in [0.4, 0.5) is 5.69 Å². The Morgan fingerprint density at radius 1 is 1.17 bits per heavy atom. The molecule has 3 aromatic rings. The SMILES string of the molecule is Cc1cc2c(N=NC(=O)c3ccccc3C)c(O)[nH]c2cc1Br. The molecule has 0 aliphatic carbocycles. The summed E-state index contributed by atoms with van der Waals surface area (Å²) in [6.07, 6.45) is 0. The molecule has 0 atom stereocenters. The van der Waals surface area contributed by atoms with Crippen molar-refractivity contribution < 1.29 is 9.90 Å². The van der Waals surface area contributed by atoms with Gasteiger partial charge >= 0.3 is 0 Å². The molecule has 2 aromatic carbocycles. The zero-order valence-electron chi connectivity index (χ0n) is 12.6. The topological polar surface area (TPSA) is 77.8 Å². The zero-order valence-corrected chi connectivity index (χ0v) is 14.2. The number of azo groups is 1. The van der Waals surface area contributed by atoms with Crippen molar-refractivity contribution in [3.05, 3.63) is 57.6 Å². The number of amides is 1. The fraction of sp³-hybridized carbons (Fsp3) is 0.118. The molecule has 0 saturated heterocycles. The number of hydrogen-bond acceptors (Lipinski definition) is 3. The molecule has 3 rings (SSSR count). The van der Waals surface area contributed by atoms with Crippen LogP contribution in [-0.2, 0) is 0 Å². The lowest BCUT2D eigenvalue weighted by Gasteiger charge is -1.99. The highest BCUT2D eigenvalue weighted by Gasteiger charge is 2.13. The van der Waals surface area contributed by atoms with E-state index in [4.69, 9.17) is 0 Å². The molecule has 0 bridgehead atoms. The van der Waals surface area contributed by atoms with E-state index in [1.54, 1.807) is 12.1 Å². The number of rotatable bonds is 2. The van der Waals surface area contributed by atoms with Crippen LogP contribution in [0.1, 0.15) is 21.5 Å². The number of aryl methyl sites for hydroxylation is 2. The molecule has 0 fully saturated rings. The number of nitrogens with zero attached hydrogens (tertiary/aromatic N) is 2. The number of aromatic amines is 1. The molecular formula is C17H14BrN3O2. The van der Waals surface area contributed by atoms with Crippen molar-refractivity contribution in [1.82, 2.24) is 4.98 Å². The van der Waals surface area contributed by atoms with Gasteiger partial charge in [-0.1, -0.05) is 34.1 Å². The zero-order chi connectivity index (χ0) is 16.6. The summed E-state index contributed by atoms with van der Waals surface area (Å²) in [4.78, 5) is 15.0. The highest BCUT2D eigenvalue weighted by Crippen LogP contribution is 2.37. The van der Waals surface area contributed by atoms with E-state index in [0.29, 0.717) is 10.9 Å². The summed E-state index contributed by atoms with van der Waals surface area (Å²) in [5, 5.41) is 18.4. The second kappa shape index (κ2) is 5.96.